The van der Waals surface area contributed by atoms with Gasteiger partial charge in [-0.25, -0.2) is 4.99 Å². The molecule has 4 rings (SSSR count). The average molecular weight is 520 g/mol. The van der Waals surface area contributed by atoms with Crippen molar-refractivity contribution in [3.05, 3.63) is 46.8 Å². The third kappa shape index (κ3) is 6.47. The van der Waals surface area contributed by atoms with E-state index in [4.69, 9.17) is 11.6 Å². The fourth-order valence-electron chi connectivity index (χ4n) is 4.12. The molecule has 1 unspecified atom stereocenters. The van der Waals surface area contributed by atoms with Crippen molar-refractivity contribution in [3.8, 4) is 0 Å². The van der Waals surface area contributed by atoms with E-state index in [2.05, 4.69) is 41.8 Å². The summed E-state index contributed by atoms with van der Waals surface area (Å²) in [5.74, 6) is 1.03. The lowest BCUT2D eigenvalue weighted by molar-refractivity contribution is -0.0575. The predicted octanol–water partition coefficient (Wildman–Crippen LogP) is 5.39. The van der Waals surface area contributed by atoms with Gasteiger partial charge in [-0.2, -0.15) is 33.1 Å². The molecular weight excluding hydrogens is 491 g/mol. The van der Waals surface area contributed by atoms with Gasteiger partial charge in [0.15, 0.2) is 0 Å². The summed E-state index contributed by atoms with van der Waals surface area (Å²) in [5.41, 5.74) is 0.250. The number of piperazine rings is 1. The van der Waals surface area contributed by atoms with Crippen LogP contribution in [0.2, 0.25) is 5.02 Å². The molecule has 7 nitrogen and oxygen atoms in total. The molecular formula is C25H29ClF3N7. The van der Waals surface area contributed by atoms with Crippen LogP contribution in [-0.2, 0) is 6.42 Å². The molecule has 1 atom stereocenters. The van der Waals surface area contributed by atoms with E-state index in [-0.39, 0.29) is 24.1 Å². The maximum absolute atomic E-state index is 14.0. The van der Waals surface area contributed by atoms with Crippen LogP contribution in [-0.4, -0.2) is 70.8 Å². The topological polar surface area (TPSA) is 69.9 Å². The number of halogens is 4. The maximum atomic E-state index is 14.0. The van der Waals surface area contributed by atoms with E-state index in [0.29, 0.717) is 40.8 Å². The van der Waals surface area contributed by atoms with Crippen molar-refractivity contribution in [3.63, 3.8) is 0 Å². The summed E-state index contributed by atoms with van der Waals surface area (Å²) in [6.07, 6.45) is -2.15. The second-order valence-corrected chi connectivity index (χ2v) is 9.50. The first kappa shape index (κ1) is 26.2. The van der Waals surface area contributed by atoms with E-state index in [1.807, 2.05) is 13.8 Å². The number of aliphatic imine (C=N–C) groups is 2. The Balaban J connectivity index is 1.73. The summed E-state index contributed by atoms with van der Waals surface area (Å²) >= 11 is 5.97. The van der Waals surface area contributed by atoms with Gasteiger partial charge in [0.1, 0.15) is 17.4 Å². The van der Waals surface area contributed by atoms with Gasteiger partial charge in [0.05, 0.1) is 0 Å². The van der Waals surface area contributed by atoms with Gasteiger partial charge >= 0.3 is 6.18 Å². The van der Waals surface area contributed by atoms with Crippen LogP contribution in [0.1, 0.15) is 38.1 Å². The van der Waals surface area contributed by atoms with Crippen LogP contribution >= 0.6 is 11.6 Å². The zero-order chi connectivity index (χ0) is 25.9. The monoisotopic (exact) mass is 519 g/mol. The number of allylic oxidation sites excluding steroid dienone is 2. The lowest BCUT2D eigenvalue weighted by Crippen LogP contribution is -2.45. The lowest BCUT2D eigenvalue weighted by Gasteiger charge is -2.32. The Morgan fingerprint density at radius 3 is 2.39 bits per heavy atom. The van der Waals surface area contributed by atoms with E-state index < -0.39 is 11.9 Å². The molecule has 11 heteroatoms. The molecule has 1 aromatic carbocycles. The zero-order valence-electron chi connectivity index (χ0n) is 20.6. The number of amidine groups is 1. The number of hydrogen-bond donors (Lipinski definition) is 0. The Kier molecular flexibility index (Phi) is 8.04. The quantitative estimate of drug-likeness (QED) is 0.542. The second-order valence-electron chi connectivity index (χ2n) is 9.06. The Bertz CT molecular complexity index is 1170. The van der Waals surface area contributed by atoms with Gasteiger partial charge in [-0.1, -0.05) is 37.6 Å². The minimum atomic E-state index is -4.64. The number of anilines is 1. The van der Waals surface area contributed by atoms with Crippen molar-refractivity contribution in [2.24, 2.45) is 15.9 Å². The van der Waals surface area contributed by atoms with Crippen molar-refractivity contribution in [2.45, 2.75) is 39.3 Å². The number of aromatic nitrogens is 3. The van der Waals surface area contributed by atoms with E-state index in [1.165, 1.54) is 0 Å². The molecule has 2 aliphatic heterocycles. The van der Waals surface area contributed by atoms with Gasteiger partial charge in [-0.05, 0) is 48.7 Å². The number of rotatable bonds is 4. The molecule has 192 valence electrons. The summed E-state index contributed by atoms with van der Waals surface area (Å²) < 4.78 is 42.0. The summed E-state index contributed by atoms with van der Waals surface area (Å²) in [4.78, 5) is 26.0. The Hall–Kier alpha value is -2.85. The average Bonchev–Trinajstić information content (AvgIpc) is 2.84. The molecule has 0 aliphatic carbocycles. The van der Waals surface area contributed by atoms with Crippen molar-refractivity contribution in [1.82, 2.24) is 19.9 Å². The van der Waals surface area contributed by atoms with Crippen molar-refractivity contribution < 1.29 is 13.2 Å². The minimum Gasteiger partial charge on any atom is -0.338 e. The van der Waals surface area contributed by atoms with Crippen LogP contribution in [0, 0.1) is 5.92 Å². The molecule has 0 N–H and O–H groups in total. The fraction of sp³-hybridized carbons (Fsp3) is 0.480. The first-order valence-electron chi connectivity index (χ1n) is 12.0. The lowest BCUT2D eigenvalue weighted by atomic mass is 9.88. The largest absolute Gasteiger partial charge is 0.433 e. The van der Waals surface area contributed by atoms with Gasteiger partial charge in [0, 0.05) is 44.0 Å². The third-order valence-corrected chi connectivity index (χ3v) is 6.58. The molecule has 0 spiro atoms. The number of alkyl halides is 3. The minimum absolute atomic E-state index is 0.0539. The number of benzene rings is 1. The van der Waals surface area contributed by atoms with E-state index in [1.54, 1.807) is 24.3 Å². The summed E-state index contributed by atoms with van der Waals surface area (Å²) in [5, 5.41) is 0.525. The first-order valence-corrected chi connectivity index (χ1v) is 12.4. The van der Waals surface area contributed by atoms with E-state index in [0.717, 1.165) is 32.3 Å². The van der Waals surface area contributed by atoms with Gasteiger partial charge in [-0.15, -0.1) is 0 Å². The molecule has 0 radical (unpaired) electrons. The molecule has 1 saturated heterocycles. The summed E-state index contributed by atoms with van der Waals surface area (Å²) in [6.45, 7) is 7.08. The number of nitrogens with zero attached hydrogens (tertiary/aromatic N) is 7. The maximum Gasteiger partial charge on any atom is 0.433 e. The molecule has 0 amide bonds. The van der Waals surface area contributed by atoms with Gasteiger partial charge in [-0.3, -0.25) is 0 Å². The molecule has 36 heavy (non-hydrogen) atoms. The van der Waals surface area contributed by atoms with E-state index in [9.17, 15) is 13.2 Å². The highest BCUT2D eigenvalue weighted by molar-refractivity contribution is 6.30. The number of likely N-dealkylation sites (N-methyl/N-ethyl adjacent to an activating group) is 1. The van der Waals surface area contributed by atoms with Crippen LogP contribution in [0.4, 0.5) is 25.1 Å². The SMILES string of the molecule is CCc1nc(N=C2CCC(C)/C(c3ccc(Cl)cc3)=C\C(C(F)(F)F)=N2)nc(N2CCN(C)CC2)n1. The van der Waals surface area contributed by atoms with Crippen LogP contribution in [0.15, 0.2) is 40.3 Å². The third-order valence-electron chi connectivity index (χ3n) is 6.33. The van der Waals surface area contributed by atoms with Crippen LogP contribution in [0.25, 0.3) is 5.57 Å². The summed E-state index contributed by atoms with van der Waals surface area (Å²) in [7, 11) is 2.05. The highest BCUT2D eigenvalue weighted by atomic mass is 35.5. The zero-order valence-corrected chi connectivity index (χ0v) is 21.3. The van der Waals surface area contributed by atoms with Gasteiger partial charge in [0.25, 0.3) is 5.95 Å². The highest BCUT2D eigenvalue weighted by Gasteiger charge is 2.36. The van der Waals surface area contributed by atoms with Crippen LogP contribution in [0.3, 0.4) is 0 Å². The van der Waals surface area contributed by atoms with Crippen LogP contribution in [0.5, 0.6) is 0 Å². The summed E-state index contributed by atoms with van der Waals surface area (Å²) in [6, 6.07) is 6.80. The van der Waals surface area contributed by atoms with Crippen molar-refractivity contribution in [1.29, 1.82) is 0 Å². The number of hydrogen-bond acceptors (Lipinski definition) is 6. The Morgan fingerprint density at radius 1 is 1.06 bits per heavy atom. The molecule has 0 bridgehead atoms. The van der Waals surface area contributed by atoms with Crippen LogP contribution < -0.4 is 4.90 Å². The molecule has 2 aromatic rings. The van der Waals surface area contributed by atoms with E-state index >= 15 is 0 Å². The molecule has 1 aromatic heterocycles. The fourth-order valence-corrected chi connectivity index (χ4v) is 4.25. The Labute approximate surface area is 213 Å². The first-order chi connectivity index (χ1) is 17.1. The highest BCUT2D eigenvalue weighted by Crippen LogP contribution is 2.32. The standard InChI is InChI=1S/C25H29ClF3N7/c1-4-21-31-23(34-24(33-21)36-13-11-35(3)12-14-36)32-22-10-5-16(2)19(15-20(30-22)25(27,28)29)17-6-8-18(26)9-7-17/h6-9,15-16H,4-5,10-14H2,1-3H3/b19-15+,30-20?,32-22?. The molecule has 0 saturated carbocycles. The normalized spacial score (nSPS) is 22.6. The second kappa shape index (κ2) is 11.0. The molecule has 3 heterocycles. The smallest absolute Gasteiger partial charge is 0.338 e. The van der Waals surface area contributed by atoms with Gasteiger partial charge < -0.3 is 9.80 Å². The van der Waals surface area contributed by atoms with Crippen molar-refractivity contribution >= 4 is 40.6 Å². The van der Waals surface area contributed by atoms with Crippen molar-refractivity contribution in [2.75, 3.05) is 38.1 Å². The number of aryl methyl sites for hydroxylation is 1. The molecule has 2 aliphatic rings. The predicted molar refractivity (Wildman–Crippen MR) is 137 cm³/mol. The molecule has 1 fully saturated rings. The van der Waals surface area contributed by atoms with Gasteiger partial charge in [0.2, 0.25) is 5.95 Å². The Morgan fingerprint density at radius 2 is 1.75 bits per heavy atom.